The van der Waals surface area contributed by atoms with Gasteiger partial charge in [-0.3, -0.25) is 19.3 Å². The molecular weight excluding hydrogens is 540 g/mol. The number of nitriles is 1. The van der Waals surface area contributed by atoms with Gasteiger partial charge < -0.3 is 10.6 Å². The summed E-state index contributed by atoms with van der Waals surface area (Å²) in [6.45, 7) is 0.237. The molecule has 1 atom stereocenters. The smallest absolute Gasteiger partial charge is 0.264 e. The van der Waals surface area contributed by atoms with E-state index in [-0.39, 0.29) is 35.4 Å². The number of nitrogens with one attached hydrogen (secondary N) is 2. The van der Waals surface area contributed by atoms with Crippen molar-refractivity contribution in [3.8, 4) is 6.07 Å². The number of nitrogens with zero attached hydrogens (tertiary/aromatic N) is 2. The predicted molar refractivity (Wildman–Crippen MR) is 144 cm³/mol. The molecule has 0 spiro atoms. The number of anilines is 2. The first kappa shape index (κ1) is 25.2. The van der Waals surface area contributed by atoms with E-state index in [1.807, 2.05) is 42.5 Å². The van der Waals surface area contributed by atoms with Gasteiger partial charge >= 0.3 is 0 Å². The van der Waals surface area contributed by atoms with Crippen LogP contribution in [0.25, 0.3) is 0 Å². The average molecular weight is 561 g/mol. The third-order valence-corrected chi connectivity index (χ3v) is 7.11. The highest BCUT2D eigenvalue weighted by molar-refractivity contribution is 9.10. The number of carbonyl (C=O) groups excluding carboxylic acids is 3. The Balaban J connectivity index is 1.58. The summed E-state index contributed by atoms with van der Waals surface area (Å²) in [6.07, 6.45) is -0.114. The largest absolute Gasteiger partial charge is 0.347 e. The van der Waals surface area contributed by atoms with E-state index in [0.717, 1.165) is 21.8 Å². The Bertz CT molecular complexity index is 1340. The van der Waals surface area contributed by atoms with E-state index in [0.29, 0.717) is 11.4 Å². The molecule has 0 unspecified atom stereocenters. The molecule has 0 aromatic heterocycles. The molecule has 7 nitrogen and oxygen atoms in total. The number of hydrogen-bond acceptors (Lipinski definition) is 5. The molecule has 1 aliphatic rings. The van der Waals surface area contributed by atoms with Crippen molar-refractivity contribution in [3.05, 3.63) is 106 Å². The quantitative estimate of drug-likeness (QED) is 0.313. The number of benzene rings is 3. The van der Waals surface area contributed by atoms with Crippen molar-refractivity contribution < 1.29 is 14.4 Å². The molecule has 4 rings (SSSR count). The highest BCUT2D eigenvalue weighted by Gasteiger charge is 2.41. The molecule has 0 aliphatic carbocycles. The Hall–Kier alpha value is -3.87. The second kappa shape index (κ2) is 11.7. The number of thioether (sulfide) groups is 1. The summed E-state index contributed by atoms with van der Waals surface area (Å²) in [5.41, 5.74) is 1.83. The van der Waals surface area contributed by atoms with Gasteiger partial charge in [0.2, 0.25) is 11.8 Å². The van der Waals surface area contributed by atoms with Crippen molar-refractivity contribution in [1.29, 1.82) is 5.26 Å². The van der Waals surface area contributed by atoms with E-state index in [2.05, 4.69) is 26.6 Å². The minimum absolute atomic E-state index is 0.114. The number of rotatable bonds is 7. The van der Waals surface area contributed by atoms with Crippen LogP contribution in [0.5, 0.6) is 0 Å². The first-order valence-corrected chi connectivity index (χ1v) is 12.7. The Morgan fingerprint density at radius 2 is 1.61 bits per heavy atom. The molecule has 3 aromatic carbocycles. The van der Waals surface area contributed by atoms with Crippen LogP contribution in [0.3, 0.4) is 0 Å². The normalized spacial score (nSPS) is 16.3. The summed E-state index contributed by atoms with van der Waals surface area (Å²) in [4.78, 5) is 40.5. The van der Waals surface area contributed by atoms with Crippen LogP contribution in [-0.2, 0) is 20.9 Å². The Morgan fingerprint density at radius 1 is 0.972 bits per heavy atom. The lowest BCUT2D eigenvalue weighted by Gasteiger charge is -2.18. The molecule has 3 amide bonds. The monoisotopic (exact) mass is 560 g/mol. The maximum atomic E-state index is 13.4. The number of carbonyl (C=O) groups is 3. The summed E-state index contributed by atoms with van der Waals surface area (Å²) in [6, 6.07) is 27.2. The van der Waals surface area contributed by atoms with E-state index >= 15 is 0 Å². The second-order valence-corrected chi connectivity index (χ2v) is 9.94. The molecule has 2 N–H and O–H groups in total. The number of hydrogen-bond donors (Lipinski definition) is 2. The van der Waals surface area contributed by atoms with Crippen molar-refractivity contribution in [3.63, 3.8) is 0 Å². The van der Waals surface area contributed by atoms with Crippen LogP contribution < -0.4 is 15.5 Å². The zero-order valence-electron chi connectivity index (χ0n) is 19.0. The summed E-state index contributed by atoms with van der Waals surface area (Å²) in [7, 11) is 0. The molecule has 1 heterocycles. The lowest BCUT2D eigenvalue weighted by molar-refractivity contribution is -0.121. The molecule has 0 radical (unpaired) electrons. The summed E-state index contributed by atoms with van der Waals surface area (Å²) in [5, 5.41) is 14.8. The number of halogens is 1. The summed E-state index contributed by atoms with van der Waals surface area (Å²) < 4.78 is 0.880. The fourth-order valence-corrected chi connectivity index (χ4v) is 5.11. The molecule has 9 heteroatoms. The zero-order valence-corrected chi connectivity index (χ0v) is 21.4. The van der Waals surface area contributed by atoms with E-state index in [4.69, 9.17) is 0 Å². The van der Waals surface area contributed by atoms with E-state index < -0.39 is 11.2 Å². The lowest BCUT2D eigenvalue weighted by Crippen LogP contribution is -2.32. The third-order valence-electron chi connectivity index (χ3n) is 5.31. The molecule has 0 bridgehead atoms. The Kier molecular flexibility index (Phi) is 8.21. The minimum Gasteiger partial charge on any atom is -0.347 e. The van der Waals surface area contributed by atoms with Crippen LogP contribution in [-0.4, -0.2) is 23.0 Å². The van der Waals surface area contributed by atoms with Crippen molar-refractivity contribution >= 4 is 56.8 Å². The van der Waals surface area contributed by atoms with E-state index in [1.54, 1.807) is 48.5 Å². The van der Waals surface area contributed by atoms with Gasteiger partial charge in [-0.1, -0.05) is 76.2 Å². The summed E-state index contributed by atoms with van der Waals surface area (Å²) >= 11 is 4.40. The lowest BCUT2D eigenvalue weighted by atomic mass is 10.2. The van der Waals surface area contributed by atoms with Crippen LogP contribution in [0.1, 0.15) is 12.0 Å². The van der Waals surface area contributed by atoms with Gasteiger partial charge in [-0.05, 0) is 42.0 Å². The molecule has 1 saturated heterocycles. The van der Waals surface area contributed by atoms with Gasteiger partial charge in [0, 0.05) is 28.8 Å². The van der Waals surface area contributed by atoms with Crippen molar-refractivity contribution in [2.75, 3.05) is 10.2 Å². The first-order chi connectivity index (χ1) is 17.5. The molecule has 1 aliphatic heterocycles. The maximum Gasteiger partial charge on any atom is 0.264 e. The van der Waals surface area contributed by atoms with Gasteiger partial charge in [-0.2, -0.15) is 5.26 Å². The Morgan fingerprint density at radius 3 is 2.25 bits per heavy atom. The summed E-state index contributed by atoms with van der Waals surface area (Å²) in [5.74, 6) is -1.29. The Labute approximate surface area is 221 Å². The molecule has 0 saturated carbocycles. The highest BCUT2D eigenvalue weighted by atomic mass is 79.9. The average Bonchev–Trinajstić information content (AvgIpc) is 3.20. The van der Waals surface area contributed by atoms with Crippen molar-refractivity contribution in [1.82, 2.24) is 5.32 Å². The van der Waals surface area contributed by atoms with Crippen molar-refractivity contribution in [2.45, 2.75) is 18.2 Å². The number of para-hydroxylation sites is 1. The first-order valence-electron chi connectivity index (χ1n) is 11.0. The van der Waals surface area contributed by atoms with Crippen LogP contribution in [0.15, 0.2) is 100 Å². The molecular formula is C27H21BrN4O3S. The second-order valence-electron chi connectivity index (χ2n) is 7.84. The van der Waals surface area contributed by atoms with Crippen LogP contribution in [0.4, 0.5) is 11.4 Å². The van der Waals surface area contributed by atoms with Crippen molar-refractivity contribution in [2.24, 2.45) is 0 Å². The standard InChI is InChI=1S/C27H21BrN4O3S/c28-19-11-13-20(14-12-19)31-24(33)15-23-26(35)32(21-9-5-2-6-10-21)27(36-23)22(16-29)25(34)30-17-18-7-3-1-4-8-18/h1-14,23H,15,17H2,(H,30,34)(H,31,33)/b27-22+/t23-/m1/s1. The molecule has 3 aromatic rings. The minimum atomic E-state index is -0.791. The van der Waals surface area contributed by atoms with Gasteiger partial charge in [0.1, 0.15) is 16.7 Å². The van der Waals surface area contributed by atoms with Gasteiger partial charge in [-0.25, -0.2) is 0 Å². The highest BCUT2D eigenvalue weighted by Crippen LogP contribution is 2.42. The van der Waals surface area contributed by atoms with E-state index in [9.17, 15) is 19.6 Å². The number of amides is 3. The maximum absolute atomic E-state index is 13.4. The SMILES string of the molecule is N#C/C(C(=O)NCc1ccccc1)=C1\S[C@H](CC(=O)Nc2ccc(Br)cc2)C(=O)N1c1ccccc1. The molecule has 36 heavy (non-hydrogen) atoms. The third kappa shape index (κ3) is 6.03. The molecule has 1 fully saturated rings. The predicted octanol–water partition coefficient (Wildman–Crippen LogP) is 4.98. The van der Waals surface area contributed by atoms with Crippen LogP contribution in [0.2, 0.25) is 0 Å². The van der Waals surface area contributed by atoms with Crippen LogP contribution in [0, 0.1) is 11.3 Å². The zero-order chi connectivity index (χ0) is 25.5. The van der Waals surface area contributed by atoms with Crippen LogP contribution >= 0.6 is 27.7 Å². The molecule has 180 valence electrons. The topological polar surface area (TPSA) is 102 Å². The van der Waals surface area contributed by atoms with Gasteiger partial charge in [0.25, 0.3) is 5.91 Å². The van der Waals surface area contributed by atoms with Gasteiger partial charge in [0.15, 0.2) is 0 Å². The fraction of sp³-hybridized carbons (Fsp3) is 0.111. The van der Waals surface area contributed by atoms with Gasteiger partial charge in [0.05, 0.1) is 5.25 Å². The van der Waals surface area contributed by atoms with Gasteiger partial charge in [-0.15, -0.1) is 0 Å². The fourth-order valence-electron chi connectivity index (χ4n) is 3.58. The van der Waals surface area contributed by atoms with E-state index in [1.165, 1.54) is 4.90 Å².